The molecule has 0 aliphatic carbocycles. The zero-order chi connectivity index (χ0) is 19.3. The molecule has 1 aromatic heterocycles. The van der Waals surface area contributed by atoms with Crippen LogP contribution in [0.15, 0.2) is 60.9 Å². The van der Waals surface area contributed by atoms with Crippen molar-refractivity contribution in [3.63, 3.8) is 0 Å². The van der Waals surface area contributed by atoms with Gasteiger partial charge < -0.3 is 4.90 Å². The monoisotopic (exact) mass is 388 g/mol. The molecule has 0 N–H and O–H groups in total. The lowest BCUT2D eigenvalue weighted by molar-refractivity contribution is -0.119. The highest BCUT2D eigenvalue weighted by Crippen LogP contribution is 2.32. The normalized spacial score (nSPS) is 18.4. The van der Waals surface area contributed by atoms with E-state index in [1.807, 2.05) is 40.0 Å². The average Bonchev–Trinajstić information content (AvgIpc) is 3.25. The van der Waals surface area contributed by atoms with E-state index in [-0.39, 0.29) is 11.9 Å². The second kappa shape index (κ2) is 6.56. The number of hydrogen-bond donors (Lipinski definition) is 0. The minimum atomic E-state index is -0.220. The fourth-order valence-corrected chi connectivity index (χ4v) is 4.46. The Labute approximate surface area is 169 Å². The van der Waals surface area contributed by atoms with Crippen molar-refractivity contribution in [3.05, 3.63) is 83.2 Å². The minimum absolute atomic E-state index is 0.0370. The summed E-state index contributed by atoms with van der Waals surface area (Å²) in [6.07, 6.45) is 4.33. The summed E-state index contributed by atoms with van der Waals surface area (Å²) >= 11 is 5.68. The van der Waals surface area contributed by atoms with Gasteiger partial charge in [0.1, 0.15) is 6.04 Å². The van der Waals surface area contributed by atoms with Crippen LogP contribution < -0.4 is 4.90 Å². The van der Waals surface area contributed by atoms with Crippen molar-refractivity contribution in [2.24, 2.45) is 0 Å². The highest BCUT2D eigenvalue weighted by molar-refractivity contribution is 7.80. The van der Waals surface area contributed by atoms with Crippen LogP contribution in [0.25, 0.3) is 0 Å². The third-order valence-electron chi connectivity index (χ3n) is 5.66. The number of benzene rings is 2. The Balaban J connectivity index is 1.41. The van der Waals surface area contributed by atoms with Crippen LogP contribution in [-0.4, -0.2) is 31.7 Å². The van der Waals surface area contributed by atoms with Crippen LogP contribution in [0.4, 0.5) is 5.69 Å². The number of thiocarbonyl (C=S) groups is 1. The van der Waals surface area contributed by atoms with E-state index in [1.165, 1.54) is 22.3 Å². The summed E-state index contributed by atoms with van der Waals surface area (Å²) < 4.78 is 1.86. The molecule has 1 fully saturated rings. The Morgan fingerprint density at radius 3 is 2.68 bits per heavy atom. The lowest BCUT2D eigenvalue weighted by Crippen LogP contribution is -2.39. The zero-order valence-corrected chi connectivity index (χ0v) is 16.4. The van der Waals surface area contributed by atoms with E-state index in [0.29, 0.717) is 24.6 Å². The van der Waals surface area contributed by atoms with Gasteiger partial charge in [-0.3, -0.25) is 14.4 Å². The third kappa shape index (κ3) is 2.72. The van der Waals surface area contributed by atoms with Gasteiger partial charge in [-0.2, -0.15) is 5.10 Å². The second-order valence-electron chi connectivity index (χ2n) is 7.40. The lowest BCUT2D eigenvalue weighted by atomic mass is 9.95. The Morgan fingerprint density at radius 1 is 1.11 bits per heavy atom. The van der Waals surface area contributed by atoms with Gasteiger partial charge in [-0.05, 0) is 41.4 Å². The van der Waals surface area contributed by atoms with Gasteiger partial charge in [0.25, 0.3) is 5.91 Å². The summed E-state index contributed by atoms with van der Waals surface area (Å²) in [5.41, 5.74) is 5.65. The number of rotatable bonds is 3. The molecule has 2 aliphatic heterocycles. The number of hydrogen-bond acceptors (Lipinski definition) is 3. The van der Waals surface area contributed by atoms with Gasteiger partial charge in [0.2, 0.25) is 0 Å². The first-order valence-electron chi connectivity index (χ1n) is 9.40. The Bertz CT molecular complexity index is 1050. The maximum atomic E-state index is 13.1. The standard InChI is InChI=1S/C22H20N4OS/c1-15-6-2-3-8-17(15)12-24-14-19(11-23-24)26-21(27)20-10-16-7-4-5-9-18(16)13-25(20)22(26)28/h2-9,11,14,20H,10,12-13H2,1H3/t20-/m1/s1. The molecule has 1 atom stereocenters. The fourth-order valence-electron chi connectivity index (χ4n) is 4.07. The number of aryl methyl sites for hydroxylation is 1. The molecule has 2 aromatic carbocycles. The number of anilines is 1. The van der Waals surface area contributed by atoms with Crippen molar-refractivity contribution < 1.29 is 4.79 Å². The molecule has 5 nitrogen and oxygen atoms in total. The van der Waals surface area contributed by atoms with Gasteiger partial charge in [0.15, 0.2) is 5.11 Å². The van der Waals surface area contributed by atoms with Gasteiger partial charge in [-0.1, -0.05) is 48.5 Å². The zero-order valence-electron chi connectivity index (χ0n) is 15.6. The summed E-state index contributed by atoms with van der Waals surface area (Å²) in [6, 6.07) is 16.3. The molecule has 3 aromatic rings. The predicted molar refractivity (Wildman–Crippen MR) is 112 cm³/mol. The number of carbonyl (C=O) groups is 1. The van der Waals surface area contributed by atoms with Crippen LogP contribution in [0.2, 0.25) is 0 Å². The molecule has 0 unspecified atom stereocenters. The molecule has 1 amide bonds. The molecular formula is C22H20N4OS. The van der Waals surface area contributed by atoms with Gasteiger partial charge >= 0.3 is 0 Å². The third-order valence-corrected chi connectivity index (χ3v) is 6.08. The van der Waals surface area contributed by atoms with Crippen molar-refractivity contribution in [2.75, 3.05) is 4.90 Å². The maximum Gasteiger partial charge on any atom is 0.256 e. The van der Waals surface area contributed by atoms with Gasteiger partial charge in [0.05, 0.1) is 18.4 Å². The molecule has 0 spiro atoms. The first-order chi connectivity index (χ1) is 13.6. The summed E-state index contributed by atoms with van der Waals surface area (Å²) in [5, 5.41) is 5.04. The minimum Gasteiger partial charge on any atom is -0.332 e. The van der Waals surface area contributed by atoms with E-state index < -0.39 is 0 Å². The van der Waals surface area contributed by atoms with Crippen LogP contribution in [-0.2, 0) is 24.3 Å². The quantitative estimate of drug-likeness (QED) is 0.646. The molecule has 5 rings (SSSR count). The van der Waals surface area contributed by atoms with Gasteiger partial charge in [-0.25, -0.2) is 0 Å². The summed E-state index contributed by atoms with van der Waals surface area (Å²) in [5.74, 6) is 0.0370. The maximum absolute atomic E-state index is 13.1. The van der Waals surface area contributed by atoms with Crippen LogP contribution >= 0.6 is 12.2 Å². The number of amides is 1. The average molecular weight is 388 g/mol. The molecule has 140 valence electrons. The number of carbonyl (C=O) groups excluding carboxylic acids is 1. The van der Waals surface area contributed by atoms with Crippen molar-refractivity contribution in [1.29, 1.82) is 0 Å². The van der Waals surface area contributed by atoms with E-state index in [9.17, 15) is 4.79 Å². The molecule has 0 bridgehead atoms. The number of fused-ring (bicyclic) bond motifs is 2. The molecule has 1 saturated heterocycles. The predicted octanol–water partition coefficient (Wildman–Crippen LogP) is 3.30. The summed E-state index contributed by atoms with van der Waals surface area (Å²) in [6.45, 7) is 3.44. The molecule has 28 heavy (non-hydrogen) atoms. The highest BCUT2D eigenvalue weighted by atomic mass is 32.1. The first kappa shape index (κ1) is 17.1. The smallest absolute Gasteiger partial charge is 0.256 e. The van der Waals surface area contributed by atoms with Crippen LogP contribution in [0.5, 0.6) is 0 Å². The van der Waals surface area contributed by atoms with Crippen LogP contribution in [0, 0.1) is 6.92 Å². The first-order valence-corrected chi connectivity index (χ1v) is 9.81. The van der Waals surface area contributed by atoms with Crippen LogP contribution in [0.3, 0.4) is 0 Å². The molecule has 0 radical (unpaired) electrons. The van der Waals surface area contributed by atoms with Crippen molar-refractivity contribution in [3.8, 4) is 0 Å². The van der Waals surface area contributed by atoms with E-state index in [1.54, 1.807) is 11.1 Å². The topological polar surface area (TPSA) is 41.4 Å². The van der Waals surface area contributed by atoms with Gasteiger partial charge in [-0.15, -0.1) is 0 Å². The van der Waals surface area contributed by atoms with Crippen molar-refractivity contribution in [2.45, 2.75) is 32.5 Å². The molecule has 2 aliphatic rings. The summed E-state index contributed by atoms with van der Waals surface area (Å²) in [7, 11) is 0. The lowest BCUT2D eigenvalue weighted by Gasteiger charge is -2.30. The van der Waals surface area contributed by atoms with Crippen molar-refractivity contribution in [1.82, 2.24) is 14.7 Å². The highest BCUT2D eigenvalue weighted by Gasteiger charge is 2.45. The SMILES string of the molecule is Cc1ccccc1Cn1cc(N2C(=O)[C@H]3Cc4ccccc4CN3C2=S)cn1. The summed E-state index contributed by atoms with van der Waals surface area (Å²) in [4.78, 5) is 16.8. The van der Waals surface area contributed by atoms with E-state index in [0.717, 1.165) is 5.69 Å². The van der Waals surface area contributed by atoms with E-state index >= 15 is 0 Å². The number of aromatic nitrogens is 2. The molecule has 3 heterocycles. The molecule has 0 saturated carbocycles. The fraction of sp³-hybridized carbons (Fsp3) is 0.227. The van der Waals surface area contributed by atoms with E-state index in [4.69, 9.17) is 12.2 Å². The number of nitrogens with zero attached hydrogens (tertiary/aromatic N) is 4. The largest absolute Gasteiger partial charge is 0.332 e. The van der Waals surface area contributed by atoms with Crippen molar-refractivity contribution >= 4 is 28.9 Å². The Morgan fingerprint density at radius 2 is 1.86 bits per heavy atom. The van der Waals surface area contributed by atoms with Gasteiger partial charge in [0, 0.05) is 19.2 Å². The molecule has 6 heteroatoms. The second-order valence-corrected chi connectivity index (χ2v) is 7.76. The van der Waals surface area contributed by atoms with E-state index in [2.05, 4.69) is 36.3 Å². The van der Waals surface area contributed by atoms with Crippen LogP contribution in [0.1, 0.15) is 22.3 Å². The Kier molecular flexibility index (Phi) is 4.02. The molecular weight excluding hydrogens is 368 g/mol. The Hall–Kier alpha value is -2.99.